The van der Waals surface area contributed by atoms with E-state index in [9.17, 15) is 8.78 Å². The highest BCUT2D eigenvalue weighted by atomic mass is 19.2. The molecule has 1 aromatic rings. The Balaban J connectivity index is 2.11. The van der Waals surface area contributed by atoms with Crippen LogP contribution in [0.3, 0.4) is 0 Å². The van der Waals surface area contributed by atoms with Gasteiger partial charge in [-0.25, -0.2) is 8.78 Å². The number of likely N-dealkylation sites (N-methyl/N-ethyl adjacent to an activating group) is 1. The fourth-order valence-corrected chi connectivity index (χ4v) is 1.95. The molecular formula is C12H15F2N. The zero-order chi connectivity index (χ0) is 10.8. The van der Waals surface area contributed by atoms with Gasteiger partial charge in [-0.05, 0) is 43.9 Å². The second-order valence-electron chi connectivity index (χ2n) is 4.15. The summed E-state index contributed by atoms with van der Waals surface area (Å²) in [6, 6.07) is 4.66. The summed E-state index contributed by atoms with van der Waals surface area (Å²) in [6.45, 7) is 0. The number of hydrogen-bond acceptors (Lipinski definition) is 1. The van der Waals surface area contributed by atoms with Crippen LogP contribution in [0.4, 0.5) is 8.78 Å². The van der Waals surface area contributed by atoms with Crippen molar-refractivity contribution in [3.63, 3.8) is 0 Å². The van der Waals surface area contributed by atoms with Crippen LogP contribution in [0.25, 0.3) is 0 Å². The molecule has 15 heavy (non-hydrogen) atoms. The smallest absolute Gasteiger partial charge is 0.162 e. The van der Waals surface area contributed by atoms with Crippen molar-refractivity contribution in [3.8, 4) is 0 Å². The first-order chi connectivity index (χ1) is 7.22. The molecule has 3 heteroatoms. The van der Waals surface area contributed by atoms with Crippen molar-refractivity contribution in [3.05, 3.63) is 35.4 Å². The molecule has 1 aliphatic rings. The number of rotatable bonds is 4. The molecular weight excluding hydrogens is 196 g/mol. The zero-order valence-corrected chi connectivity index (χ0v) is 8.76. The summed E-state index contributed by atoms with van der Waals surface area (Å²) in [7, 11) is 1.88. The average Bonchev–Trinajstić information content (AvgIpc) is 3.04. The molecule has 0 spiro atoms. The molecule has 1 N–H and O–H groups in total. The van der Waals surface area contributed by atoms with Gasteiger partial charge in [-0.15, -0.1) is 0 Å². The predicted molar refractivity (Wildman–Crippen MR) is 55.6 cm³/mol. The van der Waals surface area contributed by atoms with Crippen LogP contribution in [0.15, 0.2) is 18.2 Å². The highest BCUT2D eigenvalue weighted by molar-refractivity contribution is 5.20. The number of nitrogens with one attached hydrogen (secondary N) is 1. The molecule has 1 aliphatic carbocycles. The van der Waals surface area contributed by atoms with Crippen molar-refractivity contribution in [2.75, 3.05) is 7.05 Å². The fourth-order valence-electron chi connectivity index (χ4n) is 1.95. The number of benzene rings is 1. The average molecular weight is 211 g/mol. The standard InChI is InChI=1S/C12H15F2N/c1-15-11(8-5-6-8)7-9-3-2-4-10(13)12(9)14/h2-4,8,11,15H,5-7H2,1H3. The van der Waals surface area contributed by atoms with Crippen molar-refractivity contribution in [1.82, 2.24) is 5.32 Å². The molecule has 1 atom stereocenters. The summed E-state index contributed by atoms with van der Waals surface area (Å²) in [6.07, 6.45) is 2.97. The summed E-state index contributed by atoms with van der Waals surface area (Å²) in [4.78, 5) is 0. The van der Waals surface area contributed by atoms with Gasteiger partial charge in [0.05, 0.1) is 0 Å². The summed E-state index contributed by atoms with van der Waals surface area (Å²) in [5, 5.41) is 3.17. The topological polar surface area (TPSA) is 12.0 Å². The maximum Gasteiger partial charge on any atom is 0.162 e. The van der Waals surface area contributed by atoms with Crippen LogP contribution in [-0.4, -0.2) is 13.1 Å². The Morgan fingerprint density at radius 3 is 2.73 bits per heavy atom. The van der Waals surface area contributed by atoms with E-state index < -0.39 is 11.6 Å². The summed E-state index contributed by atoms with van der Waals surface area (Å²) >= 11 is 0. The molecule has 2 rings (SSSR count). The van der Waals surface area contributed by atoms with Gasteiger partial charge in [-0.1, -0.05) is 12.1 Å². The quantitative estimate of drug-likeness (QED) is 0.806. The molecule has 1 nitrogen and oxygen atoms in total. The minimum atomic E-state index is -0.752. The van der Waals surface area contributed by atoms with Gasteiger partial charge in [-0.3, -0.25) is 0 Å². The normalized spacial score (nSPS) is 17.8. The van der Waals surface area contributed by atoms with E-state index in [-0.39, 0.29) is 6.04 Å². The van der Waals surface area contributed by atoms with Crippen molar-refractivity contribution < 1.29 is 8.78 Å². The molecule has 0 heterocycles. The van der Waals surface area contributed by atoms with Crippen molar-refractivity contribution >= 4 is 0 Å². The van der Waals surface area contributed by atoms with Crippen molar-refractivity contribution in [2.24, 2.45) is 5.92 Å². The Morgan fingerprint density at radius 2 is 2.13 bits per heavy atom. The van der Waals surface area contributed by atoms with Crippen molar-refractivity contribution in [2.45, 2.75) is 25.3 Å². The highest BCUT2D eigenvalue weighted by Crippen LogP contribution is 2.34. The molecule has 0 saturated heterocycles. The third-order valence-corrected chi connectivity index (χ3v) is 3.03. The van der Waals surface area contributed by atoms with Crippen LogP contribution in [0, 0.1) is 17.6 Å². The molecule has 0 aliphatic heterocycles. The van der Waals surface area contributed by atoms with Gasteiger partial charge in [0, 0.05) is 6.04 Å². The first-order valence-electron chi connectivity index (χ1n) is 5.32. The van der Waals surface area contributed by atoms with E-state index in [1.165, 1.54) is 12.8 Å². The van der Waals surface area contributed by atoms with Crippen LogP contribution < -0.4 is 5.32 Å². The Bertz CT molecular complexity index is 347. The second-order valence-corrected chi connectivity index (χ2v) is 4.15. The molecule has 0 amide bonds. The van der Waals surface area contributed by atoms with Gasteiger partial charge in [-0.2, -0.15) is 0 Å². The molecule has 82 valence electrons. The molecule has 0 aromatic heterocycles. The van der Waals surface area contributed by atoms with E-state index >= 15 is 0 Å². The maximum absolute atomic E-state index is 13.4. The zero-order valence-electron chi connectivity index (χ0n) is 8.76. The predicted octanol–water partition coefficient (Wildman–Crippen LogP) is 2.51. The second kappa shape index (κ2) is 4.27. The third-order valence-electron chi connectivity index (χ3n) is 3.03. The monoisotopic (exact) mass is 211 g/mol. The van der Waals surface area contributed by atoms with Crippen LogP contribution in [0.5, 0.6) is 0 Å². The van der Waals surface area contributed by atoms with Gasteiger partial charge < -0.3 is 5.32 Å². The molecule has 0 bridgehead atoms. The Kier molecular flexibility index (Phi) is 3.00. The SMILES string of the molecule is CNC(Cc1cccc(F)c1F)C1CC1. The summed E-state index contributed by atoms with van der Waals surface area (Å²) in [5.41, 5.74) is 0.473. The van der Waals surface area contributed by atoms with Gasteiger partial charge in [0.1, 0.15) is 0 Å². The minimum Gasteiger partial charge on any atom is -0.316 e. The Morgan fingerprint density at radius 1 is 1.40 bits per heavy atom. The van der Waals surface area contributed by atoms with E-state index in [1.807, 2.05) is 7.05 Å². The first kappa shape index (κ1) is 10.6. The summed E-state index contributed by atoms with van der Waals surface area (Å²) in [5.74, 6) is -0.811. The van der Waals surface area contributed by atoms with Gasteiger partial charge in [0.25, 0.3) is 0 Å². The van der Waals surface area contributed by atoms with E-state index in [0.29, 0.717) is 17.9 Å². The lowest BCUT2D eigenvalue weighted by Gasteiger charge is -2.15. The molecule has 1 saturated carbocycles. The van der Waals surface area contributed by atoms with E-state index in [4.69, 9.17) is 0 Å². The molecule has 1 fully saturated rings. The summed E-state index contributed by atoms with van der Waals surface area (Å²) < 4.78 is 26.3. The van der Waals surface area contributed by atoms with Crippen LogP contribution in [0.2, 0.25) is 0 Å². The van der Waals surface area contributed by atoms with Gasteiger partial charge in [0.2, 0.25) is 0 Å². The lowest BCUT2D eigenvalue weighted by atomic mass is 10.0. The highest BCUT2D eigenvalue weighted by Gasteiger charge is 2.30. The van der Waals surface area contributed by atoms with Crippen molar-refractivity contribution in [1.29, 1.82) is 0 Å². The molecule has 1 unspecified atom stereocenters. The van der Waals surface area contributed by atoms with Gasteiger partial charge in [0.15, 0.2) is 11.6 Å². The Labute approximate surface area is 88.5 Å². The lowest BCUT2D eigenvalue weighted by Crippen LogP contribution is -2.30. The number of halogens is 2. The molecule has 0 radical (unpaired) electrons. The minimum absolute atomic E-state index is 0.279. The van der Waals surface area contributed by atoms with Crippen LogP contribution in [-0.2, 0) is 6.42 Å². The van der Waals surface area contributed by atoms with E-state index in [1.54, 1.807) is 12.1 Å². The molecule has 1 aromatic carbocycles. The largest absolute Gasteiger partial charge is 0.316 e. The van der Waals surface area contributed by atoms with E-state index in [0.717, 1.165) is 6.07 Å². The Hall–Kier alpha value is -0.960. The van der Waals surface area contributed by atoms with Gasteiger partial charge >= 0.3 is 0 Å². The van der Waals surface area contributed by atoms with Crippen LogP contribution in [0.1, 0.15) is 18.4 Å². The lowest BCUT2D eigenvalue weighted by molar-refractivity contribution is 0.464. The number of hydrogen-bond donors (Lipinski definition) is 1. The maximum atomic E-state index is 13.4. The third kappa shape index (κ3) is 2.34. The van der Waals surface area contributed by atoms with Crippen LogP contribution >= 0.6 is 0 Å². The first-order valence-corrected chi connectivity index (χ1v) is 5.32. The fraction of sp³-hybridized carbons (Fsp3) is 0.500. The van der Waals surface area contributed by atoms with E-state index in [2.05, 4.69) is 5.32 Å².